The predicted octanol–water partition coefficient (Wildman–Crippen LogP) is 2.18. The zero-order valence-electron chi connectivity index (χ0n) is 10.8. The number of benzene rings is 1. The third kappa shape index (κ3) is 3.26. The summed E-state index contributed by atoms with van der Waals surface area (Å²) in [7, 11) is 1.44. The Morgan fingerprint density at radius 3 is 2.84 bits per heavy atom. The van der Waals surface area contributed by atoms with Gasteiger partial charge in [0.25, 0.3) is 0 Å². The summed E-state index contributed by atoms with van der Waals surface area (Å²) < 4.78 is 18.5. The smallest absolute Gasteiger partial charge is 0.165 e. The summed E-state index contributed by atoms with van der Waals surface area (Å²) in [6.45, 7) is 0.602. The van der Waals surface area contributed by atoms with E-state index in [2.05, 4.69) is 9.97 Å². The van der Waals surface area contributed by atoms with Gasteiger partial charge in [0.15, 0.2) is 11.6 Å². The van der Waals surface area contributed by atoms with E-state index < -0.39 is 5.82 Å². The molecule has 0 unspecified atom stereocenters. The highest BCUT2D eigenvalue weighted by Gasteiger charge is 2.07. The Bertz CT molecular complexity index is 560. The minimum Gasteiger partial charge on any atom is -0.494 e. The normalized spacial score (nSPS) is 10.5. The molecule has 0 amide bonds. The van der Waals surface area contributed by atoms with E-state index in [9.17, 15) is 4.39 Å². The van der Waals surface area contributed by atoms with Gasteiger partial charge in [-0.25, -0.2) is 14.4 Å². The molecule has 0 aliphatic heterocycles. The van der Waals surface area contributed by atoms with E-state index in [-0.39, 0.29) is 5.75 Å². The van der Waals surface area contributed by atoms with Crippen LogP contribution in [-0.2, 0) is 6.42 Å². The fraction of sp³-hybridized carbons (Fsp3) is 0.286. The summed E-state index contributed by atoms with van der Waals surface area (Å²) in [6, 6.07) is 6.53. The number of rotatable bonds is 5. The molecule has 1 aromatic carbocycles. The van der Waals surface area contributed by atoms with Crippen LogP contribution in [0.25, 0.3) is 11.3 Å². The lowest BCUT2D eigenvalue weighted by molar-refractivity contribution is 0.386. The van der Waals surface area contributed by atoms with Crippen molar-refractivity contribution in [3.8, 4) is 17.0 Å². The van der Waals surface area contributed by atoms with Crippen LogP contribution in [0.1, 0.15) is 12.2 Å². The molecule has 2 N–H and O–H groups in total. The first kappa shape index (κ1) is 13.4. The lowest BCUT2D eigenvalue weighted by Crippen LogP contribution is -2.03. The van der Waals surface area contributed by atoms with Crippen molar-refractivity contribution in [3.63, 3.8) is 0 Å². The molecule has 0 aliphatic carbocycles. The van der Waals surface area contributed by atoms with Crippen molar-refractivity contribution < 1.29 is 9.13 Å². The lowest BCUT2D eigenvalue weighted by Gasteiger charge is -2.06. The molecule has 0 fully saturated rings. The van der Waals surface area contributed by atoms with Crippen LogP contribution < -0.4 is 10.5 Å². The van der Waals surface area contributed by atoms with Crippen LogP contribution in [0.4, 0.5) is 4.39 Å². The minimum absolute atomic E-state index is 0.223. The molecule has 0 saturated heterocycles. The summed E-state index contributed by atoms with van der Waals surface area (Å²) >= 11 is 0. The van der Waals surface area contributed by atoms with Crippen molar-refractivity contribution >= 4 is 0 Å². The highest BCUT2D eigenvalue weighted by Crippen LogP contribution is 2.24. The van der Waals surface area contributed by atoms with Gasteiger partial charge in [-0.3, -0.25) is 0 Å². The van der Waals surface area contributed by atoms with Crippen LogP contribution in [0.2, 0.25) is 0 Å². The average Bonchev–Trinajstić information content (AvgIpc) is 2.45. The molecule has 0 bridgehead atoms. The molecule has 4 nitrogen and oxygen atoms in total. The Labute approximate surface area is 111 Å². The molecule has 1 heterocycles. The molecule has 0 radical (unpaired) electrons. The second-order valence-electron chi connectivity index (χ2n) is 4.10. The van der Waals surface area contributed by atoms with Crippen LogP contribution in [0, 0.1) is 5.82 Å². The van der Waals surface area contributed by atoms with Crippen LogP contribution in [0.3, 0.4) is 0 Å². The molecule has 0 spiro atoms. The van der Waals surface area contributed by atoms with Gasteiger partial charge in [-0.1, -0.05) is 0 Å². The first-order valence-corrected chi connectivity index (χ1v) is 6.10. The Morgan fingerprint density at radius 2 is 2.16 bits per heavy atom. The maximum atomic E-state index is 13.7. The highest BCUT2D eigenvalue weighted by atomic mass is 19.1. The number of hydrogen-bond acceptors (Lipinski definition) is 4. The Morgan fingerprint density at radius 1 is 1.32 bits per heavy atom. The summed E-state index contributed by atoms with van der Waals surface area (Å²) in [4.78, 5) is 8.58. The van der Waals surface area contributed by atoms with Gasteiger partial charge < -0.3 is 10.5 Å². The molecule has 100 valence electrons. The van der Waals surface area contributed by atoms with Gasteiger partial charge in [0.2, 0.25) is 0 Å². The monoisotopic (exact) mass is 261 g/mol. The fourth-order valence-corrected chi connectivity index (χ4v) is 1.77. The topological polar surface area (TPSA) is 61.0 Å². The van der Waals surface area contributed by atoms with Crippen LogP contribution in [0.15, 0.2) is 30.5 Å². The molecule has 5 heteroatoms. The molecular formula is C14H16FN3O. The number of methoxy groups -OCH3 is 1. The zero-order chi connectivity index (χ0) is 13.7. The number of aromatic nitrogens is 2. The number of aryl methyl sites for hydroxylation is 1. The third-order valence-electron chi connectivity index (χ3n) is 2.76. The first-order chi connectivity index (χ1) is 9.24. The predicted molar refractivity (Wildman–Crippen MR) is 71.4 cm³/mol. The van der Waals surface area contributed by atoms with Crippen LogP contribution in [-0.4, -0.2) is 23.6 Å². The van der Waals surface area contributed by atoms with E-state index in [1.165, 1.54) is 13.2 Å². The van der Waals surface area contributed by atoms with E-state index >= 15 is 0 Å². The third-order valence-corrected chi connectivity index (χ3v) is 2.76. The zero-order valence-corrected chi connectivity index (χ0v) is 10.8. The molecular weight excluding hydrogens is 245 g/mol. The van der Waals surface area contributed by atoms with Gasteiger partial charge in [-0.2, -0.15) is 0 Å². The lowest BCUT2D eigenvalue weighted by atomic mass is 10.1. The van der Waals surface area contributed by atoms with Gasteiger partial charge in [-0.15, -0.1) is 0 Å². The summed E-state index contributed by atoms with van der Waals surface area (Å²) in [5, 5.41) is 0. The van der Waals surface area contributed by atoms with E-state index in [4.69, 9.17) is 10.5 Å². The number of ether oxygens (including phenoxy) is 1. The molecule has 19 heavy (non-hydrogen) atoms. The molecule has 2 rings (SSSR count). The summed E-state index contributed by atoms with van der Waals surface area (Å²) in [5.41, 5.74) is 6.86. The molecule has 0 saturated carbocycles. The van der Waals surface area contributed by atoms with Crippen molar-refractivity contribution in [3.05, 3.63) is 42.1 Å². The van der Waals surface area contributed by atoms with Gasteiger partial charge in [0.1, 0.15) is 5.82 Å². The van der Waals surface area contributed by atoms with Crippen LogP contribution in [0.5, 0.6) is 5.75 Å². The van der Waals surface area contributed by atoms with Gasteiger partial charge in [0, 0.05) is 18.2 Å². The van der Waals surface area contributed by atoms with E-state index in [1.807, 2.05) is 0 Å². The van der Waals surface area contributed by atoms with Crippen molar-refractivity contribution in [2.24, 2.45) is 5.73 Å². The largest absolute Gasteiger partial charge is 0.494 e. The quantitative estimate of drug-likeness (QED) is 0.896. The van der Waals surface area contributed by atoms with Crippen molar-refractivity contribution in [1.82, 2.24) is 9.97 Å². The Balaban J connectivity index is 2.28. The standard InChI is InChI=1S/C14H16FN3O/c1-19-13-5-4-10(9-11(13)15)12-6-8-17-14(18-12)3-2-7-16/h4-6,8-9H,2-3,7,16H2,1H3. The van der Waals surface area contributed by atoms with Crippen molar-refractivity contribution in [2.45, 2.75) is 12.8 Å². The molecule has 2 aromatic rings. The number of halogens is 1. The average molecular weight is 261 g/mol. The summed E-state index contributed by atoms with van der Waals surface area (Å²) in [6.07, 6.45) is 3.24. The number of nitrogens with zero attached hydrogens (tertiary/aromatic N) is 2. The fourth-order valence-electron chi connectivity index (χ4n) is 1.77. The van der Waals surface area contributed by atoms with E-state index in [0.29, 0.717) is 17.8 Å². The SMILES string of the molecule is COc1ccc(-c2ccnc(CCCN)n2)cc1F. The maximum Gasteiger partial charge on any atom is 0.165 e. The second-order valence-corrected chi connectivity index (χ2v) is 4.10. The molecule has 0 atom stereocenters. The first-order valence-electron chi connectivity index (χ1n) is 6.10. The summed E-state index contributed by atoms with van der Waals surface area (Å²) in [5.74, 6) is 0.544. The number of hydrogen-bond donors (Lipinski definition) is 1. The highest BCUT2D eigenvalue weighted by molar-refractivity contribution is 5.60. The Hall–Kier alpha value is -2.01. The second kappa shape index (κ2) is 6.24. The maximum absolute atomic E-state index is 13.7. The van der Waals surface area contributed by atoms with Crippen molar-refractivity contribution in [2.75, 3.05) is 13.7 Å². The van der Waals surface area contributed by atoms with Crippen LogP contribution >= 0.6 is 0 Å². The van der Waals surface area contributed by atoms with E-state index in [1.54, 1.807) is 24.4 Å². The minimum atomic E-state index is -0.401. The van der Waals surface area contributed by atoms with Gasteiger partial charge >= 0.3 is 0 Å². The molecule has 0 aliphatic rings. The molecule has 1 aromatic heterocycles. The van der Waals surface area contributed by atoms with Crippen molar-refractivity contribution in [1.29, 1.82) is 0 Å². The van der Waals surface area contributed by atoms with Gasteiger partial charge in [0.05, 0.1) is 12.8 Å². The van der Waals surface area contributed by atoms with Gasteiger partial charge in [-0.05, 0) is 37.2 Å². The Kier molecular flexibility index (Phi) is 4.41. The number of nitrogens with two attached hydrogens (primary N) is 1. The van der Waals surface area contributed by atoms with E-state index in [0.717, 1.165) is 18.7 Å².